The summed E-state index contributed by atoms with van der Waals surface area (Å²) >= 11 is 0. The fourth-order valence-corrected chi connectivity index (χ4v) is 0.669. The molecule has 0 aliphatic rings. The maximum atomic E-state index is 11.2. The molecule has 13 heavy (non-hydrogen) atoms. The summed E-state index contributed by atoms with van der Waals surface area (Å²) in [6.07, 6.45) is 2.15. The van der Waals surface area contributed by atoms with Crippen molar-refractivity contribution in [2.75, 3.05) is 6.61 Å². The van der Waals surface area contributed by atoms with Crippen LogP contribution in [0, 0.1) is 0 Å². The summed E-state index contributed by atoms with van der Waals surface area (Å²) in [7, 11) is 3.25. The summed E-state index contributed by atoms with van der Waals surface area (Å²) in [5.41, 5.74) is 0.246. The molecule has 1 atom stereocenters. The van der Waals surface area contributed by atoms with E-state index in [1.165, 1.54) is 6.26 Å². The Labute approximate surface area is 82.5 Å². The molecule has 73 valence electrons. The molecule has 0 aliphatic heterocycles. The van der Waals surface area contributed by atoms with Gasteiger partial charge in [0.1, 0.15) is 0 Å². The Morgan fingerprint density at radius 3 is 2.62 bits per heavy atom. The van der Waals surface area contributed by atoms with E-state index in [0.29, 0.717) is 12.2 Å². The summed E-state index contributed by atoms with van der Waals surface area (Å²) < 4.78 is 9.94. The molecule has 0 N–H and O–H groups in total. The van der Waals surface area contributed by atoms with Crippen LogP contribution in [0.5, 0.6) is 0 Å². The van der Waals surface area contributed by atoms with Gasteiger partial charge in [-0.05, 0) is 20.3 Å². The van der Waals surface area contributed by atoms with Gasteiger partial charge in [-0.1, -0.05) is 6.92 Å². The lowest BCUT2D eigenvalue weighted by molar-refractivity contribution is -0.141. The van der Waals surface area contributed by atoms with Gasteiger partial charge in [0.05, 0.1) is 34.4 Å². The molecule has 0 rings (SSSR count). The Morgan fingerprint density at radius 1 is 1.54 bits per heavy atom. The average molecular weight is 199 g/mol. The summed E-state index contributed by atoms with van der Waals surface area (Å²) in [6.45, 7) is 5.99. The van der Waals surface area contributed by atoms with Gasteiger partial charge in [-0.2, -0.15) is 0 Å². The number of carbonyl (C=O) groups is 1. The van der Waals surface area contributed by atoms with Gasteiger partial charge in [-0.25, -0.2) is 4.79 Å². The summed E-state index contributed by atoms with van der Waals surface area (Å²) in [5, 5.41) is 0. The highest BCUT2D eigenvalue weighted by Gasteiger charge is 2.09. The molecule has 0 aromatic carbocycles. The number of hydrogen-bond donors (Lipinski definition) is 0. The fourth-order valence-electron chi connectivity index (χ4n) is 0.562. The topological polar surface area (TPSA) is 35.5 Å². The van der Waals surface area contributed by atoms with Crippen molar-refractivity contribution in [1.82, 2.24) is 0 Å². The van der Waals surface area contributed by atoms with Crippen molar-refractivity contribution >= 4 is 16.2 Å². The first-order valence-corrected chi connectivity index (χ1v) is 4.90. The Hall–Kier alpha value is -0.773. The monoisotopic (exact) mass is 199 g/mol. The van der Waals surface area contributed by atoms with E-state index in [-0.39, 0.29) is 11.7 Å². The van der Waals surface area contributed by atoms with Crippen LogP contribution in [0.4, 0.5) is 0 Å². The summed E-state index contributed by atoms with van der Waals surface area (Å²) in [6, 6.07) is 0. The molecule has 0 aromatic rings. The molecule has 3 radical (unpaired) electrons. The minimum atomic E-state index is -0.352. The molecule has 0 saturated heterocycles. The normalized spacial score (nSPS) is 13.7. The van der Waals surface area contributed by atoms with E-state index in [1.807, 2.05) is 13.8 Å². The third-order valence-electron chi connectivity index (χ3n) is 1.37. The van der Waals surface area contributed by atoms with Gasteiger partial charge < -0.3 is 9.47 Å². The third kappa shape index (κ3) is 5.46. The highest BCUT2D eigenvalue weighted by molar-refractivity contribution is 6.12. The molecule has 0 spiro atoms. The van der Waals surface area contributed by atoms with Gasteiger partial charge in [0, 0.05) is 0 Å². The van der Waals surface area contributed by atoms with Gasteiger partial charge in [0.25, 0.3) is 0 Å². The first kappa shape index (κ1) is 12.2. The largest absolute Gasteiger partial charge is 0.501 e. The van der Waals surface area contributed by atoms with Crippen LogP contribution in [-0.2, 0) is 14.3 Å². The van der Waals surface area contributed by atoms with E-state index in [4.69, 9.17) is 9.47 Å². The Kier molecular flexibility index (Phi) is 6.31. The van der Waals surface area contributed by atoms with Gasteiger partial charge in [0.2, 0.25) is 0 Å². The molecule has 4 heteroatoms. The number of hydrogen-bond acceptors (Lipinski definition) is 3. The van der Waals surface area contributed by atoms with Crippen LogP contribution in [0.1, 0.15) is 27.2 Å². The first-order chi connectivity index (χ1) is 6.11. The van der Waals surface area contributed by atoms with Crippen molar-refractivity contribution in [2.45, 2.75) is 32.9 Å². The molecular weight excluding hydrogens is 184 g/mol. The van der Waals surface area contributed by atoms with Crippen molar-refractivity contribution < 1.29 is 14.3 Å². The van der Waals surface area contributed by atoms with E-state index >= 15 is 0 Å². The van der Waals surface area contributed by atoms with Crippen molar-refractivity contribution in [3.8, 4) is 0 Å². The van der Waals surface area contributed by atoms with Gasteiger partial charge in [0.15, 0.2) is 0 Å². The van der Waals surface area contributed by atoms with Crippen molar-refractivity contribution in [2.24, 2.45) is 0 Å². The number of rotatable bonds is 5. The second kappa shape index (κ2) is 6.71. The highest BCUT2D eigenvalue weighted by atomic mass is 28.1. The van der Waals surface area contributed by atoms with Crippen LogP contribution in [0.15, 0.2) is 11.8 Å². The molecule has 0 bridgehead atoms. The zero-order chi connectivity index (χ0) is 10.3. The highest BCUT2D eigenvalue weighted by Crippen LogP contribution is 2.01. The minimum Gasteiger partial charge on any atom is -0.501 e. The minimum absolute atomic E-state index is 0.225. The Bertz CT molecular complexity index is 189. The molecule has 0 saturated carbocycles. The molecule has 3 nitrogen and oxygen atoms in total. The second-order valence-corrected chi connectivity index (χ2v) is 3.20. The molecule has 0 fully saturated rings. The summed E-state index contributed by atoms with van der Waals surface area (Å²) in [5.74, 6) is -0.352. The Morgan fingerprint density at radius 2 is 2.15 bits per heavy atom. The van der Waals surface area contributed by atoms with Crippen molar-refractivity contribution in [3.63, 3.8) is 0 Å². The summed E-state index contributed by atoms with van der Waals surface area (Å²) in [4.78, 5) is 11.2. The maximum absolute atomic E-state index is 11.2. The lowest BCUT2D eigenvalue weighted by Gasteiger charge is -2.10. The van der Waals surface area contributed by atoms with Crippen LogP contribution < -0.4 is 0 Å². The number of esters is 1. The fraction of sp³-hybridized carbons (Fsp3) is 0.667. The standard InChI is InChI=1S/C9H15O3Si/c1-4-8(13)12-9(10)7(3)6-11-5-2/h6,8H,4-5H2,1-3H3/b7-6+. The van der Waals surface area contributed by atoms with E-state index in [9.17, 15) is 4.79 Å². The lowest BCUT2D eigenvalue weighted by Crippen LogP contribution is -2.17. The smallest absolute Gasteiger partial charge is 0.336 e. The van der Waals surface area contributed by atoms with Crippen LogP contribution in [0.3, 0.4) is 0 Å². The predicted octanol–water partition coefficient (Wildman–Crippen LogP) is 1.37. The van der Waals surface area contributed by atoms with E-state index < -0.39 is 0 Å². The first-order valence-electron chi connectivity index (χ1n) is 4.32. The zero-order valence-corrected chi connectivity index (χ0v) is 9.29. The van der Waals surface area contributed by atoms with Crippen LogP contribution in [0.2, 0.25) is 0 Å². The van der Waals surface area contributed by atoms with Crippen LogP contribution in [0.25, 0.3) is 0 Å². The average Bonchev–Trinajstić information content (AvgIpc) is 2.13. The zero-order valence-electron chi connectivity index (χ0n) is 8.29. The second-order valence-electron chi connectivity index (χ2n) is 2.56. The lowest BCUT2D eigenvalue weighted by atomic mass is 10.3. The van der Waals surface area contributed by atoms with E-state index in [0.717, 1.165) is 6.42 Å². The van der Waals surface area contributed by atoms with Gasteiger partial charge >= 0.3 is 5.97 Å². The molecule has 0 amide bonds. The number of ether oxygens (including phenoxy) is 2. The van der Waals surface area contributed by atoms with E-state index in [2.05, 4.69) is 10.2 Å². The quantitative estimate of drug-likeness (QED) is 0.290. The van der Waals surface area contributed by atoms with Crippen LogP contribution in [-0.4, -0.2) is 28.5 Å². The molecular formula is C9H15O3Si. The third-order valence-corrected chi connectivity index (χ3v) is 1.89. The molecule has 0 aliphatic carbocycles. The molecule has 1 unspecified atom stereocenters. The van der Waals surface area contributed by atoms with E-state index in [1.54, 1.807) is 6.92 Å². The van der Waals surface area contributed by atoms with Crippen LogP contribution >= 0.6 is 0 Å². The maximum Gasteiger partial charge on any atom is 0.336 e. The number of carbonyl (C=O) groups excluding carboxylic acids is 1. The van der Waals surface area contributed by atoms with Crippen molar-refractivity contribution in [3.05, 3.63) is 11.8 Å². The Balaban J connectivity index is 3.95. The SMILES string of the molecule is CCO/C=C(\C)C(=O)OC([Si])CC. The van der Waals surface area contributed by atoms with Crippen molar-refractivity contribution in [1.29, 1.82) is 0 Å². The molecule has 0 heterocycles. The predicted molar refractivity (Wildman–Crippen MR) is 51.3 cm³/mol. The molecule has 0 aromatic heterocycles. The van der Waals surface area contributed by atoms with Gasteiger partial charge in [-0.3, -0.25) is 0 Å². The van der Waals surface area contributed by atoms with Gasteiger partial charge in [-0.15, -0.1) is 0 Å².